The maximum absolute atomic E-state index is 12.7. The number of piperidine rings is 1. The number of nitrogens with zero attached hydrogens (tertiary/aromatic N) is 2. The predicted molar refractivity (Wildman–Crippen MR) is 94.1 cm³/mol. The number of aromatic nitrogens is 1. The second kappa shape index (κ2) is 7.26. The van der Waals surface area contributed by atoms with E-state index in [-0.39, 0.29) is 0 Å². The Labute approximate surface area is 155 Å². The van der Waals surface area contributed by atoms with Crippen LogP contribution in [0.25, 0.3) is 0 Å². The van der Waals surface area contributed by atoms with Crippen molar-refractivity contribution in [1.82, 2.24) is 4.98 Å². The number of benzene rings is 1. The van der Waals surface area contributed by atoms with Crippen molar-refractivity contribution >= 4 is 5.82 Å². The molecular formula is C19H21F3N2O3. The number of aliphatic hydroxyl groups is 1. The number of alkyl halides is 3. The molecule has 146 valence electrons. The molecule has 0 atom stereocenters. The summed E-state index contributed by atoms with van der Waals surface area (Å²) in [5.41, 5.74) is -1.15. The number of hydrogen-bond acceptors (Lipinski definition) is 5. The smallest absolute Gasteiger partial charge is 0.417 e. The quantitative estimate of drug-likeness (QED) is 0.876. The Kier molecular flexibility index (Phi) is 5.19. The molecular weight excluding hydrogens is 361 g/mol. The van der Waals surface area contributed by atoms with Crippen LogP contribution in [0.3, 0.4) is 0 Å². The highest BCUT2D eigenvalue weighted by Gasteiger charge is 2.36. The lowest BCUT2D eigenvalue weighted by Crippen LogP contribution is -2.43. The van der Waals surface area contributed by atoms with Gasteiger partial charge in [-0.3, -0.25) is 0 Å². The normalized spacial score (nSPS) is 16.9. The molecule has 1 aromatic carbocycles. The van der Waals surface area contributed by atoms with Gasteiger partial charge in [0, 0.05) is 25.4 Å². The Balaban J connectivity index is 1.74. The fourth-order valence-electron chi connectivity index (χ4n) is 3.21. The van der Waals surface area contributed by atoms with Crippen LogP contribution in [0.15, 0.2) is 36.5 Å². The zero-order valence-electron chi connectivity index (χ0n) is 15.1. The van der Waals surface area contributed by atoms with Crippen molar-refractivity contribution in [1.29, 1.82) is 0 Å². The molecule has 0 spiro atoms. The van der Waals surface area contributed by atoms with E-state index in [0.717, 1.165) is 12.3 Å². The summed E-state index contributed by atoms with van der Waals surface area (Å²) < 4.78 is 48.5. The standard InChI is InChI=1S/C19H21F3N2O3/c1-26-15-9-14(10-16(11-15)27-2)18(25)5-7-24(8-6-18)17-4-3-13(12-23-17)19(20,21)22/h3-4,9-12,25H,5-8H2,1-2H3. The van der Waals surface area contributed by atoms with Crippen LogP contribution in [0.4, 0.5) is 19.0 Å². The molecule has 2 heterocycles. The van der Waals surface area contributed by atoms with Crippen LogP contribution in [0.5, 0.6) is 11.5 Å². The average Bonchev–Trinajstić information content (AvgIpc) is 2.67. The number of ether oxygens (including phenoxy) is 2. The average molecular weight is 382 g/mol. The zero-order valence-corrected chi connectivity index (χ0v) is 15.1. The summed E-state index contributed by atoms with van der Waals surface area (Å²) in [7, 11) is 3.09. The summed E-state index contributed by atoms with van der Waals surface area (Å²) in [5, 5.41) is 11.1. The second-order valence-electron chi connectivity index (χ2n) is 6.52. The van der Waals surface area contributed by atoms with E-state index in [1.807, 2.05) is 4.90 Å². The first-order chi connectivity index (χ1) is 12.7. The van der Waals surface area contributed by atoms with Gasteiger partial charge in [0.2, 0.25) is 0 Å². The molecule has 2 aromatic rings. The van der Waals surface area contributed by atoms with Crippen molar-refractivity contribution in [2.45, 2.75) is 24.6 Å². The largest absolute Gasteiger partial charge is 0.497 e. The van der Waals surface area contributed by atoms with E-state index >= 15 is 0 Å². The molecule has 1 aliphatic heterocycles. The van der Waals surface area contributed by atoms with Crippen LogP contribution >= 0.6 is 0 Å². The molecule has 1 saturated heterocycles. The summed E-state index contributed by atoms with van der Waals surface area (Å²) in [6.45, 7) is 0.933. The fraction of sp³-hybridized carbons (Fsp3) is 0.421. The third-order valence-corrected chi connectivity index (χ3v) is 4.88. The molecule has 1 aromatic heterocycles. The summed E-state index contributed by atoms with van der Waals surface area (Å²) in [6, 6.07) is 7.66. The minimum Gasteiger partial charge on any atom is -0.497 e. The lowest BCUT2D eigenvalue weighted by atomic mass is 9.84. The molecule has 0 amide bonds. The van der Waals surface area contributed by atoms with Crippen molar-refractivity contribution < 1.29 is 27.8 Å². The molecule has 8 heteroatoms. The second-order valence-corrected chi connectivity index (χ2v) is 6.52. The highest BCUT2D eigenvalue weighted by atomic mass is 19.4. The van der Waals surface area contributed by atoms with Crippen LogP contribution < -0.4 is 14.4 Å². The molecule has 0 aliphatic carbocycles. The molecule has 5 nitrogen and oxygen atoms in total. The van der Waals surface area contributed by atoms with Gasteiger partial charge in [-0.15, -0.1) is 0 Å². The maximum atomic E-state index is 12.7. The molecule has 1 N–H and O–H groups in total. The van der Waals surface area contributed by atoms with E-state index in [2.05, 4.69) is 4.98 Å². The molecule has 0 bridgehead atoms. The minimum atomic E-state index is -4.40. The number of methoxy groups -OCH3 is 2. The Morgan fingerprint density at radius 1 is 1.04 bits per heavy atom. The van der Waals surface area contributed by atoms with Crippen molar-refractivity contribution in [3.63, 3.8) is 0 Å². The Bertz CT molecular complexity index is 764. The van der Waals surface area contributed by atoms with Crippen molar-refractivity contribution in [2.75, 3.05) is 32.2 Å². The van der Waals surface area contributed by atoms with Crippen molar-refractivity contribution in [3.05, 3.63) is 47.7 Å². The predicted octanol–water partition coefficient (Wildman–Crippen LogP) is 3.61. The third-order valence-electron chi connectivity index (χ3n) is 4.88. The van der Waals surface area contributed by atoms with Gasteiger partial charge in [-0.05, 0) is 42.7 Å². The lowest BCUT2D eigenvalue weighted by Gasteiger charge is -2.39. The number of halogens is 3. The molecule has 0 saturated carbocycles. The van der Waals surface area contributed by atoms with E-state index in [4.69, 9.17) is 9.47 Å². The van der Waals surface area contributed by atoms with Gasteiger partial charge in [0.1, 0.15) is 17.3 Å². The van der Waals surface area contributed by atoms with E-state index in [1.165, 1.54) is 6.07 Å². The number of rotatable bonds is 4. The number of pyridine rings is 1. The molecule has 1 aliphatic rings. The zero-order chi connectivity index (χ0) is 19.7. The highest BCUT2D eigenvalue weighted by molar-refractivity contribution is 5.44. The first-order valence-electron chi connectivity index (χ1n) is 8.49. The number of anilines is 1. The van der Waals surface area contributed by atoms with E-state index < -0.39 is 17.3 Å². The van der Waals surface area contributed by atoms with E-state index in [9.17, 15) is 18.3 Å². The Morgan fingerprint density at radius 3 is 2.07 bits per heavy atom. The summed E-state index contributed by atoms with van der Waals surface area (Å²) in [5.74, 6) is 1.64. The maximum Gasteiger partial charge on any atom is 0.417 e. The summed E-state index contributed by atoms with van der Waals surface area (Å²) >= 11 is 0. The van der Waals surface area contributed by atoms with Crippen LogP contribution in [-0.4, -0.2) is 37.4 Å². The topological polar surface area (TPSA) is 54.8 Å². The van der Waals surface area contributed by atoms with Gasteiger partial charge in [0.15, 0.2) is 0 Å². The van der Waals surface area contributed by atoms with Gasteiger partial charge < -0.3 is 19.5 Å². The summed E-state index contributed by atoms with van der Waals surface area (Å²) in [6.07, 6.45) is -2.75. The molecule has 3 rings (SSSR count). The summed E-state index contributed by atoms with van der Waals surface area (Å²) in [4.78, 5) is 5.80. The molecule has 0 radical (unpaired) electrons. The molecule has 27 heavy (non-hydrogen) atoms. The SMILES string of the molecule is COc1cc(OC)cc(C2(O)CCN(c3ccc(C(F)(F)F)cn3)CC2)c1. The van der Waals surface area contributed by atoms with Gasteiger partial charge in [-0.1, -0.05) is 0 Å². The fourth-order valence-corrected chi connectivity index (χ4v) is 3.21. The van der Waals surface area contributed by atoms with Crippen molar-refractivity contribution in [2.24, 2.45) is 0 Å². The number of hydrogen-bond donors (Lipinski definition) is 1. The Morgan fingerprint density at radius 2 is 1.63 bits per heavy atom. The van der Waals surface area contributed by atoms with Crippen LogP contribution in [-0.2, 0) is 11.8 Å². The van der Waals surface area contributed by atoms with Crippen LogP contribution in [0.1, 0.15) is 24.0 Å². The van der Waals surface area contributed by atoms with Gasteiger partial charge in [-0.2, -0.15) is 13.2 Å². The molecule has 1 fully saturated rings. The Hall–Kier alpha value is -2.48. The van der Waals surface area contributed by atoms with Gasteiger partial charge >= 0.3 is 6.18 Å². The van der Waals surface area contributed by atoms with Gasteiger partial charge in [0.05, 0.1) is 25.4 Å². The van der Waals surface area contributed by atoms with E-state index in [1.54, 1.807) is 32.4 Å². The minimum absolute atomic E-state index is 0.409. The first-order valence-corrected chi connectivity index (χ1v) is 8.49. The van der Waals surface area contributed by atoms with Gasteiger partial charge in [-0.25, -0.2) is 4.98 Å². The first kappa shape index (κ1) is 19.3. The lowest BCUT2D eigenvalue weighted by molar-refractivity contribution is -0.137. The third kappa shape index (κ3) is 4.10. The molecule has 0 unspecified atom stereocenters. The van der Waals surface area contributed by atoms with Gasteiger partial charge in [0.25, 0.3) is 0 Å². The monoisotopic (exact) mass is 382 g/mol. The van der Waals surface area contributed by atoms with E-state index in [0.29, 0.717) is 48.8 Å². The van der Waals surface area contributed by atoms with Crippen LogP contribution in [0.2, 0.25) is 0 Å². The van der Waals surface area contributed by atoms with Crippen molar-refractivity contribution in [3.8, 4) is 11.5 Å². The highest BCUT2D eigenvalue weighted by Crippen LogP contribution is 2.38. The van der Waals surface area contributed by atoms with Crippen LogP contribution in [0, 0.1) is 0 Å².